The van der Waals surface area contributed by atoms with E-state index >= 15 is 0 Å². The molecule has 1 heterocycles. The van der Waals surface area contributed by atoms with Crippen molar-refractivity contribution in [3.8, 4) is 0 Å². The van der Waals surface area contributed by atoms with Crippen LogP contribution >= 0.6 is 11.6 Å². The van der Waals surface area contributed by atoms with E-state index in [0.29, 0.717) is 6.04 Å². The lowest BCUT2D eigenvalue weighted by molar-refractivity contribution is 0.260. The standard InChI is InChI=1S/C16H28ClN3/c1-4-14(13-9-7-6-8-10-13)18-11-15-16(17)12(3)19-20(15)5-2/h13-14,18H,4-11H2,1-3H3. The second kappa shape index (κ2) is 7.46. The number of rotatable bonds is 6. The minimum Gasteiger partial charge on any atom is -0.308 e. The van der Waals surface area contributed by atoms with Gasteiger partial charge in [0, 0.05) is 19.1 Å². The molecule has 20 heavy (non-hydrogen) atoms. The Morgan fingerprint density at radius 2 is 2.00 bits per heavy atom. The van der Waals surface area contributed by atoms with E-state index in [-0.39, 0.29) is 0 Å². The molecule has 1 unspecified atom stereocenters. The molecule has 3 nitrogen and oxygen atoms in total. The van der Waals surface area contributed by atoms with Crippen LogP contribution in [0.5, 0.6) is 0 Å². The Kier molecular flexibility index (Phi) is 5.91. The molecular weight excluding hydrogens is 270 g/mol. The molecule has 0 saturated heterocycles. The van der Waals surface area contributed by atoms with Crippen LogP contribution in [0.2, 0.25) is 5.02 Å². The van der Waals surface area contributed by atoms with Crippen LogP contribution < -0.4 is 5.32 Å². The van der Waals surface area contributed by atoms with E-state index in [4.69, 9.17) is 11.6 Å². The molecule has 1 fully saturated rings. The molecule has 1 aliphatic rings. The Labute approximate surface area is 128 Å². The lowest BCUT2D eigenvalue weighted by Crippen LogP contribution is -2.36. The predicted molar refractivity (Wildman–Crippen MR) is 85.1 cm³/mol. The van der Waals surface area contributed by atoms with Crippen LogP contribution in [0.15, 0.2) is 0 Å². The van der Waals surface area contributed by atoms with E-state index < -0.39 is 0 Å². The van der Waals surface area contributed by atoms with Gasteiger partial charge in [-0.05, 0) is 39.0 Å². The fourth-order valence-corrected chi connectivity index (χ4v) is 3.65. The second-order valence-corrected chi connectivity index (χ2v) is 6.33. The van der Waals surface area contributed by atoms with E-state index in [1.165, 1.54) is 38.5 Å². The number of aryl methyl sites for hydroxylation is 2. The van der Waals surface area contributed by atoms with Gasteiger partial charge in [0.05, 0.1) is 16.4 Å². The summed E-state index contributed by atoms with van der Waals surface area (Å²) in [4.78, 5) is 0. The van der Waals surface area contributed by atoms with E-state index in [9.17, 15) is 0 Å². The van der Waals surface area contributed by atoms with E-state index in [1.54, 1.807) is 0 Å². The Morgan fingerprint density at radius 3 is 2.60 bits per heavy atom. The summed E-state index contributed by atoms with van der Waals surface area (Å²) in [5, 5.41) is 9.06. The molecule has 0 spiro atoms. The second-order valence-electron chi connectivity index (χ2n) is 5.96. The SMILES string of the molecule is CCC(NCc1c(Cl)c(C)nn1CC)C1CCCCC1. The topological polar surface area (TPSA) is 29.9 Å². The molecule has 0 radical (unpaired) electrons. The molecule has 2 rings (SSSR count). The van der Waals surface area contributed by atoms with Gasteiger partial charge in [-0.15, -0.1) is 0 Å². The van der Waals surface area contributed by atoms with Crippen LogP contribution in [0.3, 0.4) is 0 Å². The maximum atomic E-state index is 6.38. The maximum absolute atomic E-state index is 6.38. The highest BCUT2D eigenvalue weighted by atomic mass is 35.5. The largest absolute Gasteiger partial charge is 0.308 e. The van der Waals surface area contributed by atoms with Crippen molar-refractivity contribution in [2.45, 2.75) is 78.4 Å². The third-order valence-electron chi connectivity index (χ3n) is 4.64. The monoisotopic (exact) mass is 297 g/mol. The first-order valence-electron chi connectivity index (χ1n) is 8.12. The maximum Gasteiger partial charge on any atom is 0.0860 e. The molecule has 0 aliphatic heterocycles. The number of halogens is 1. The van der Waals surface area contributed by atoms with Gasteiger partial charge in [0.1, 0.15) is 0 Å². The van der Waals surface area contributed by atoms with Gasteiger partial charge in [-0.1, -0.05) is 37.8 Å². The molecule has 114 valence electrons. The molecule has 1 aromatic heterocycles. The molecule has 0 aromatic carbocycles. The summed E-state index contributed by atoms with van der Waals surface area (Å²) in [6, 6.07) is 0.617. The van der Waals surface area contributed by atoms with Crippen LogP contribution in [-0.2, 0) is 13.1 Å². The first-order chi connectivity index (χ1) is 9.67. The summed E-state index contributed by atoms with van der Waals surface area (Å²) in [7, 11) is 0. The molecular formula is C16H28ClN3. The third-order valence-corrected chi connectivity index (χ3v) is 5.13. The first-order valence-corrected chi connectivity index (χ1v) is 8.50. The van der Waals surface area contributed by atoms with Crippen LogP contribution in [-0.4, -0.2) is 15.8 Å². The van der Waals surface area contributed by atoms with Crippen LogP contribution in [0, 0.1) is 12.8 Å². The van der Waals surface area contributed by atoms with E-state index in [2.05, 4.69) is 24.3 Å². The molecule has 0 amide bonds. The number of aromatic nitrogens is 2. The third kappa shape index (κ3) is 3.56. The van der Waals surface area contributed by atoms with Crippen molar-refractivity contribution in [1.82, 2.24) is 15.1 Å². The van der Waals surface area contributed by atoms with E-state index in [0.717, 1.165) is 35.4 Å². The molecule has 1 aliphatic carbocycles. The van der Waals surface area contributed by atoms with Crippen molar-refractivity contribution in [2.75, 3.05) is 0 Å². The van der Waals surface area contributed by atoms with Crippen molar-refractivity contribution in [3.05, 3.63) is 16.4 Å². The van der Waals surface area contributed by atoms with Gasteiger partial charge in [-0.25, -0.2) is 0 Å². The zero-order valence-electron chi connectivity index (χ0n) is 13.1. The first kappa shape index (κ1) is 15.8. The average Bonchev–Trinajstić information content (AvgIpc) is 2.76. The number of nitrogens with one attached hydrogen (secondary N) is 1. The lowest BCUT2D eigenvalue weighted by Gasteiger charge is -2.30. The molecule has 0 bridgehead atoms. The van der Waals surface area contributed by atoms with Gasteiger partial charge < -0.3 is 5.32 Å². The average molecular weight is 298 g/mol. The number of hydrogen-bond acceptors (Lipinski definition) is 2. The highest BCUT2D eigenvalue weighted by Gasteiger charge is 2.22. The van der Waals surface area contributed by atoms with Gasteiger partial charge >= 0.3 is 0 Å². The minimum atomic E-state index is 0.617. The zero-order valence-corrected chi connectivity index (χ0v) is 13.8. The molecule has 1 saturated carbocycles. The van der Waals surface area contributed by atoms with Gasteiger partial charge in [0.2, 0.25) is 0 Å². The molecule has 1 N–H and O–H groups in total. The van der Waals surface area contributed by atoms with Crippen molar-refractivity contribution >= 4 is 11.6 Å². The summed E-state index contributed by atoms with van der Waals surface area (Å²) in [6.45, 7) is 8.10. The van der Waals surface area contributed by atoms with Crippen molar-refractivity contribution < 1.29 is 0 Å². The summed E-state index contributed by atoms with van der Waals surface area (Å²) in [5.74, 6) is 0.839. The normalized spacial score (nSPS) is 18.4. The number of nitrogens with zero attached hydrogens (tertiary/aromatic N) is 2. The molecule has 1 atom stereocenters. The fraction of sp³-hybridized carbons (Fsp3) is 0.812. The minimum absolute atomic E-state index is 0.617. The predicted octanol–water partition coefficient (Wildman–Crippen LogP) is 4.31. The Bertz CT molecular complexity index is 422. The van der Waals surface area contributed by atoms with Gasteiger partial charge in [0.25, 0.3) is 0 Å². The van der Waals surface area contributed by atoms with Gasteiger partial charge in [-0.3, -0.25) is 4.68 Å². The quantitative estimate of drug-likeness (QED) is 0.848. The van der Waals surface area contributed by atoms with Crippen molar-refractivity contribution in [3.63, 3.8) is 0 Å². The van der Waals surface area contributed by atoms with Crippen molar-refractivity contribution in [1.29, 1.82) is 0 Å². The van der Waals surface area contributed by atoms with Crippen LogP contribution in [0.25, 0.3) is 0 Å². The van der Waals surface area contributed by atoms with E-state index in [1.807, 2.05) is 11.6 Å². The highest BCUT2D eigenvalue weighted by molar-refractivity contribution is 6.31. The molecule has 1 aromatic rings. The summed E-state index contributed by atoms with van der Waals surface area (Å²) in [5.41, 5.74) is 2.08. The van der Waals surface area contributed by atoms with Gasteiger partial charge in [0.15, 0.2) is 0 Å². The smallest absolute Gasteiger partial charge is 0.0860 e. The lowest BCUT2D eigenvalue weighted by atomic mass is 9.83. The van der Waals surface area contributed by atoms with Crippen LogP contribution in [0.1, 0.15) is 63.8 Å². The summed E-state index contributed by atoms with van der Waals surface area (Å²) >= 11 is 6.38. The van der Waals surface area contributed by atoms with Gasteiger partial charge in [-0.2, -0.15) is 5.10 Å². The van der Waals surface area contributed by atoms with Crippen LogP contribution in [0.4, 0.5) is 0 Å². The fourth-order valence-electron chi connectivity index (χ4n) is 3.45. The molecule has 4 heteroatoms. The number of hydrogen-bond donors (Lipinski definition) is 1. The van der Waals surface area contributed by atoms with Crippen molar-refractivity contribution in [2.24, 2.45) is 5.92 Å². The summed E-state index contributed by atoms with van der Waals surface area (Å²) in [6.07, 6.45) is 8.17. The Hall–Kier alpha value is -0.540. The zero-order chi connectivity index (χ0) is 14.5. The Balaban J connectivity index is 1.99. The summed E-state index contributed by atoms with van der Waals surface area (Å²) < 4.78 is 2.03. The highest BCUT2D eigenvalue weighted by Crippen LogP contribution is 2.28. The Morgan fingerprint density at radius 1 is 1.30 bits per heavy atom.